The van der Waals surface area contributed by atoms with Crippen LogP contribution in [0.25, 0.3) is 0 Å². The highest BCUT2D eigenvalue weighted by Crippen LogP contribution is 2.23. The average Bonchev–Trinajstić information content (AvgIpc) is 2.69. The number of aromatic amines is 1. The Bertz CT molecular complexity index is 495. The van der Waals surface area contributed by atoms with Crippen LogP contribution in [0, 0.1) is 6.92 Å². The van der Waals surface area contributed by atoms with E-state index in [9.17, 15) is 0 Å². The van der Waals surface area contributed by atoms with Crippen molar-refractivity contribution < 1.29 is 0 Å². The highest BCUT2D eigenvalue weighted by Gasteiger charge is 2.17. The molecule has 0 fully saturated rings. The van der Waals surface area contributed by atoms with E-state index in [-0.39, 0.29) is 17.8 Å². The summed E-state index contributed by atoms with van der Waals surface area (Å²) in [5.74, 6) is 0.929. The Morgan fingerprint density at radius 2 is 1.72 bits per heavy atom. The Labute approximate surface area is 114 Å². The van der Waals surface area contributed by atoms with Crippen molar-refractivity contribution in [2.24, 2.45) is 0 Å². The summed E-state index contributed by atoms with van der Waals surface area (Å²) in [5.41, 5.74) is 3.46. The van der Waals surface area contributed by atoms with Crippen molar-refractivity contribution in [2.45, 2.75) is 33.1 Å². The van der Waals surface area contributed by atoms with E-state index < -0.39 is 0 Å². The molecule has 0 saturated heterocycles. The van der Waals surface area contributed by atoms with Gasteiger partial charge in [0.1, 0.15) is 5.82 Å². The second-order valence-electron chi connectivity index (χ2n) is 5.41. The summed E-state index contributed by atoms with van der Waals surface area (Å²) in [4.78, 5) is 0. The van der Waals surface area contributed by atoms with Crippen molar-refractivity contribution in [2.75, 3.05) is 5.32 Å². The van der Waals surface area contributed by atoms with Crippen LogP contribution in [0.4, 0.5) is 11.5 Å². The number of H-pyrrole nitrogens is 1. The zero-order valence-electron chi connectivity index (χ0n) is 11.2. The van der Waals surface area contributed by atoms with Crippen LogP contribution in [-0.4, -0.2) is 10.2 Å². The van der Waals surface area contributed by atoms with Gasteiger partial charge in [-0.2, -0.15) is 5.10 Å². The molecule has 0 saturated carbocycles. The number of aryl methyl sites for hydroxylation is 1. The van der Waals surface area contributed by atoms with Gasteiger partial charge in [-0.15, -0.1) is 12.4 Å². The molecule has 0 aliphatic rings. The van der Waals surface area contributed by atoms with Crippen LogP contribution in [0.2, 0.25) is 0 Å². The number of halogens is 1. The lowest BCUT2D eigenvalue weighted by molar-refractivity contribution is 0.567. The van der Waals surface area contributed by atoms with Crippen molar-refractivity contribution in [1.29, 1.82) is 0 Å². The fraction of sp³-hybridized carbons (Fsp3) is 0.357. The minimum Gasteiger partial charge on any atom is -0.341 e. The maximum absolute atomic E-state index is 4.31. The van der Waals surface area contributed by atoms with Crippen molar-refractivity contribution >= 4 is 23.9 Å². The molecule has 1 heterocycles. The number of nitrogens with one attached hydrogen (secondary N) is 2. The van der Waals surface area contributed by atoms with E-state index in [4.69, 9.17) is 0 Å². The number of anilines is 2. The summed E-state index contributed by atoms with van der Waals surface area (Å²) in [7, 11) is 0. The molecule has 18 heavy (non-hydrogen) atoms. The van der Waals surface area contributed by atoms with Crippen LogP contribution in [0.1, 0.15) is 32.0 Å². The fourth-order valence-corrected chi connectivity index (χ4v) is 1.56. The Morgan fingerprint density at radius 3 is 2.22 bits per heavy atom. The molecule has 0 spiro atoms. The maximum atomic E-state index is 4.31. The number of benzene rings is 1. The van der Waals surface area contributed by atoms with Gasteiger partial charge in [0, 0.05) is 17.2 Å². The van der Waals surface area contributed by atoms with E-state index >= 15 is 0 Å². The predicted molar refractivity (Wildman–Crippen MR) is 79.0 cm³/mol. The second-order valence-corrected chi connectivity index (χ2v) is 5.41. The normalized spacial score (nSPS) is 10.9. The highest BCUT2D eigenvalue weighted by atomic mass is 35.5. The lowest BCUT2D eigenvalue weighted by atomic mass is 9.92. The van der Waals surface area contributed by atoms with Crippen molar-refractivity contribution in [3.63, 3.8) is 0 Å². The highest BCUT2D eigenvalue weighted by molar-refractivity contribution is 5.85. The van der Waals surface area contributed by atoms with E-state index in [1.807, 2.05) is 0 Å². The van der Waals surface area contributed by atoms with Gasteiger partial charge in [-0.3, -0.25) is 5.10 Å². The zero-order valence-corrected chi connectivity index (χ0v) is 12.1. The molecule has 1 aromatic heterocycles. The first-order valence-corrected chi connectivity index (χ1v) is 5.85. The molecule has 1 aromatic carbocycles. The van der Waals surface area contributed by atoms with E-state index in [0.717, 1.165) is 17.2 Å². The van der Waals surface area contributed by atoms with E-state index in [0.29, 0.717) is 0 Å². The second kappa shape index (κ2) is 5.44. The minimum absolute atomic E-state index is 0. The quantitative estimate of drug-likeness (QED) is 0.855. The van der Waals surface area contributed by atoms with Gasteiger partial charge in [0.25, 0.3) is 0 Å². The van der Waals surface area contributed by atoms with Gasteiger partial charge < -0.3 is 5.32 Å². The molecule has 0 aliphatic heterocycles. The van der Waals surface area contributed by atoms with Gasteiger partial charge in [-0.25, -0.2) is 0 Å². The molecule has 3 nitrogen and oxygen atoms in total. The van der Waals surface area contributed by atoms with Gasteiger partial charge in [0.15, 0.2) is 0 Å². The fourth-order valence-electron chi connectivity index (χ4n) is 1.56. The number of hydrogen-bond donors (Lipinski definition) is 2. The van der Waals surface area contributed by atoms with Gasteiger partial charge >= 0.3 is 0 Å². The Morgan fingerprint density at radius 1 is 1.11 bits per heavy atom. The van der Waals surface area contributed by atoms with Gasteiger partial charge in [-0.05, 0) is 19.1 Å². The first kappa shape index (κ1) is 14.6. The lowest BCUT2D eigenvalue weighted by Crippen LogP contribution is -2.11. The van der Waals surface area contributed by atoms with Crippen LogP contribution in [0.15, 0.2) is 30.3 Å². The molecule has 98 valence electrons. The molecule has 0 aliphatic carbocycles. The molecule has 2 rings (SSSR count). The van der Waals surface area contributed by atoms with Crippen LogP contribution in [0.3, 0.4) is 0 Å². The van der Waals surface area contributed by atoms with Crippen molar-refractivity contribution in [1.82, 2.24) is 10.2 Å². The van der Waals surface area contributed by atoms with Crippen molar-refractivity contribution in [3.8, 4) is 0 Å². The molecule has 0 unspecified atom stereocenters. The van der Waals surface area contributed by atoms with Crippen LogP contribution in [0.5, 0.6) is 0 Å². The largest absolute Gasteiger partial charge is 0.341 e. The number of rotatable bonds is 2. The first-order chi connectivity index (χ1) is 7.95. The summed E-state index contributed by atoms with van der Waals surface area (Å²) in [5, 5.41) is 10.6. The molecule has 2 aromatic rings. The van der Waals surface area contributed by atoms with Gasteiger partial charge in [-0.1, -0.05) is 38.5 Å². The van der Waals surface area contributed by atoms with Gasteiger partial charge in [0.2, 0.25) is 0 Å². The molecule has 0 radical (unpaired) electrons. The monoisotopic (exact) mass is 265 g/mol. The third-order valence-corrected chi connectivity index (χ3v) is 2.68. The van der Waals surface area contributed by atoms with Crippen molar-refractivity contribution in [3.05, 3.63) is 41.6 Å². The smallest absolute Gasteiger partial charge is 0.126 e. The summed E-state index contributed by atoms with van der Waals surface area (Å²) in [6, 6.07) is 10.4. The van der Waals surface area contributed by atoms with E-state index in [1.54, 1.807) is 0 Å². The third kappa shape index (κ3) is 3.50. The predicted octanol–water partition coefficient (Wildman–Crippen LogP) is 4.18. The Hall–Kier alpha value is -1.48. The van der Waals surface area contributed by atoms with Crippen LogP contribution < -0.4 is 5.32 Å². The molecule has 0 bridgehead atoms. The Balaban J connectivity index is 0.00000162. The molecule has 0 amide bonds. The molecular weight excluding hydrogens is 246 g/mol. The summed E-state index contributed by atoms with van der Waals surface area (Å²) >= 11 is 0. The van der Waals surface area contributed by atoms with E-state index in [2.05, 4.69) is 73.5 Å². The Kier molecular flexibility index (Phi) is 4.41. The number of hydrogen-bond acceptors (Lipinski definition) is 2. The summed E-state index contributed by atoms with van der Waals surface area (Å²) in [6.45, 7) is 8.54. The SMILES string of the molecule is Cc1ccc(Nc2cc(C(C)(C)C)n[nH]2)cc1.Cl. The lowest BCUT2D eigenvalue weighted by Gasteiger charge is -2.13. The maximum Gasteiger partial charge on any atom is 0.126 e. The van der Waals surface area contributed by atoms with E-state index in [1.165, 1.54) is 5.56 Å². The number of nitrogens with zero attached hydrogens (tertiary/aromatic N) is 1. The average molecular weight is 266 g/mol. The van der Waals surface area contributed by atoms with Crippen LogP contribution in [-0.2, 0) is 5.41 Å². The zero-order chi connectivity index (χ0) is 12.5. The first-order valence-electron chi connectivity index (χ1n) is 5.85. The standard InChI is InChI=1S/C14H19N3.ClH/c1-10-5-7-11(8-6-10)15-13-9-12(16-17-13)14(2,3)4;/h5-9H,1-4H3,(H2,15,16,17);1H. The topological polar surface area (TPSA) is 40.7 Å². The molecule has 0 atom stereocenters. The minimum atomic E-state index is 0. The summed E-state index contributed by atoms with van der Waals surface area (Å²) < 4.78 is 0. The third-order valence-electron chi connectivity index (χ3n) is 2.68. The number of aromatic nitrogens is 2. The molecule has 2 N–H and O–H groups in total. The molecule has 4 heteroatoms. The molecular formula is C14H20ClN3. The van der Waals surface area contributed by atoms with Gasteiger partial charge in [0.05, 0.1) is 5.69 Å². The summed E-state index contributed by atoms with van der Waals surface area (Å²) in [6.07, 6.45) is 0. The van der Waals surface area contributed by atoms with Crippen LogP contribution >= 0.6 is 12.4 Å².